The third-order valence-electron chi connectivity index (χ3n) is 0.809. The van der Waals surface area contributed by atoms with Gasteiger partial charge >= 0.3 is 0 Å². The minimum absolute atomic E-state index is 0.202. The molecular weight excluding hydrogens is 114 g/mol. The quantitative estimate of drug-likeness (QED) is 0.564. The lowest BCUT2D eigenvalue weighted by Gasteiger charge is -2.01. The van der Waals surface area contributed by atoms with Crippen LogP contribution in [0.3, 0.4) is 0 Å². The molecule has 0 aromatic carbocycles. The van der Waals surface area contributed by atoms with Crippen molar-refractivity contribution in [1.29, 1.82) is 0 Å². The fraction of sp³-hybridized carbons (Fsp3) is 0.571. The minimum Gasteiger partial charge on any atom is -0.384 e. The molecule has 52 valence electrons. The fourth-order valence-electron chi connectivity index (χ4n) is 0.429. The number of rotatable bonds is 3. The maximum atomic E-state index is 10.4. The SMILES string of the molecule is CC(=O)C/C=C\N(C)C. The summed E-state index contributed by atoms with van der Waals surface area (Å²) in [6.07, 6.45) is 4.27. The van der Waals surface area contributed by atoms with E-state index in [9.17, 15) is 4.79 Å². The van der Waals surface area contributed by atoms with Crippen LogP contribution >= 0.6 is 0 Å². The summed E-state index contributed by atoms with van der Waals surface area (Å²) < 4.78 is 0. The number of hydrogen-bond donors (Lipinski definition) is 0. The Morgan fingerprint density at radius 2 is 2.11 bits per heavy atom. The summed E-state index contributed by atoms with van der Waals surface area (Å²) in [7, 11) is 3.85. The van der Waals surface area contributed by atoms with Crippen molar-refractivity contribution in [2.75, 3.05) is 14.1 Å². The highest BCUT2D eigenvalue weighted by Gasteiger charge is 1.84. The molecule has 0 aliphatic rings. The van der Waals surface area contributed by atoms with Crippen LogP contribution in [0.4, 0.5) is 0 Å². The maximum absolute atomic E-state index is 10.4. The van der Waals surface area contributed by atoms with Crippen LogP contribution in [0.5, 0.6) is 0 Å². The summed E-state index contributed by atoms with van der Waals surface area (Å²) in [5.74, 6) is 0.202. The van der Waals surface area contributed by atoms with Gasteiger partial charge in [-0.1, -0.05) is 6.08 Å². The van der Waals surface area contributed by atoms with Crippen molar-refractivity contribution < 1.29 is 4.79 Å². The van der Waals surface area contributed by atoms with E-state index < -0.39 is 0 Å². The molecule has 2 nitrogen and oxygen atoms in total. The Morgan fingerprint density at radius 1 is 1.56 bits per heavy atom. The van der Waals surface area contributed by atoms with Gasteiger partial charge in [-0.25, -0.2) is 0 Å². The van der Waals surface area contributed by atoms with Crippen molar-refractivity contribution in [3.63, 3.8) is 0 Å². The first-order valence-electron chi connectivity index (χ1n) is 2.95. The lowest BCUT2D eigenvalue weighted by atomic mass is 10.3. The van der Waals surface area contributed by atoms with Crippen LogP contribution in [-0.4, -0.2) is 24.8 Å². The average Bonchev–Trinajstić information content (AvgIpc) is 1.63. The molecule has 0 saturated carbocycles. The molecular formula is C7H13NO. The van der Waals surface area contributed by atoms with Crippen LogP contribution in [0, 0.1) is 0 Å². The highest BCUT2D eigenvalue weighted by atomic mass is 16.1. The van der Waals surface area contributed by atoms with Crippen LogP contribution < -0.4 is 0 Å². The molecule has 0 unspecified atom stereocenters. The van der Waals surface area contributed by atoms with E-state index in [2.05, 4.69) is 0 Å². The highest BCUT2D eigenvalue weighted by Crippen LogP contribution is 1.85. The molecule has 0 amide bonds. The van der Waals surface area contributed by atoms with E-state index in [1.807, 2.05) is 31.3 Å². The predicted molar refractivity (Wildman–Crippen MR) is 38.1 cm³/mol. The fourth-order valence-corrected chi connectivity index (χ4v) is 0.429. The van der Waals surface area contributed by atoms with Gasteiger partial charge in [-0.15, -0.1) is 0 Å². The Balaban J connectivity index is 3.36. The van der Waals surface area contributed by atoms with E-state index in [1.165, 1.54) is 0 Å². The minimum atomic E-state index is 0.202. The second-order valence-corrected chi connectivity index (χ2v) is 2.25. The number of carbonyl (C=O) groups is 1. The van der Waals surface area contributed by atoms with Gasteiger partial charge < -0.3 is 4.90 Å². The number of allylic oxidation sites excluding steroid dienone is 1. The molecule has 0 spiro atoms. The Hall–Kier alpha value is -0.790. The van der Waals surface area contributed by atoms with Crippen LogP contribution in [0.15, 0.2) is 12.3 Å². The van der Waals surface area contributed by atoms with Gasteiger partial charge in [0.05, 0.1) is 0 Å². The standard InChI is InChI=1S/C7H13NO/c1-7(9)5-4-6-8(2)3/h4,6H,5H2,1-3H3/b6-4-. The van der Waals surface area contributed by atoms with Crippen molar-refractivity contribution in [1.82, 2.24) is 4.90 Å². The van der Waals surface area contributed by atoms with Crippen molar-refractivity contribution in [2.45, 2.75) is 13.3 Å². The predicted octanol–water partition coefficient (Wildman–Crippen LogP) is 1.04. The Kier molecular flexibility index (Phi) is 3.76. The first kappa shape index (κ1) is 8.21. The van der Waals surface area contributed by atoms with Gasteiger partial charge in [-0.2, -0.15) is 0 Å². The second-order valence-electron chi connectivity index (χ2n) is 2.25. The third kappa shape index (κ3) is 7.21. The number of nitrogens with zero attached hydrogens (tertiary/aromatic N) is 1. The van der Waals surface area contributed by atoms with Gasteiger partial charge in [0.2, 0.25) is 0 Å². The lowest BCUT2D eigenvalue weighted by molar-refractivity contribution is -0.116. The number of ketones is 1. The molecule has 0 aromatic rings. The summed E-state index contributed by atoms with van der Waals surface area (Å²) in [4.78, 5) is 12.3. The van der Waals surface area contributed by atoms with Gasteiger partial charge in [0.1, 0.15) is 5.78 Å². The van der Waals surface area contributed by atoms with E-state index in [4.69, 9.17) is 0 Å². The van der Waals surface area contributed by atoms with Gasteiger partial charge in [-0.3, -0.25) is 4.79 Å². The molecule has 0 aliphatic carbocycles. The molecule has 0 aliphatic heterocycles. The van der Waals surface area contributed by atoms with Crippen LogP contribution in [0.1, 0.15) is 13.3 Å². The third-order valence-corrected chi connectivity index (χ3v) is 0.809. The van der Waals surface area contributed by atoms with Crippen molar-refractivity contribution in [3.8, 4) is 0 Å². The van der Waals surface area contributed by atoms with Gasteiger partial charge in [0.25, 0.3) is 0 Å². The zero-order valence-corrected chi connectivity index (χ0v) is 6.22. The molecule has 0 rings (SSSR count). The van der Waals surface area contributed by atoms with E-state index >= 15 is 0 Å². The summed E-state index contributed by atoms with van der Waals surface area (Å²) in [5, 5.41) is 0. The zero-order chi connectivity index (χ0) is 7.28. The Labute approximate surface area is 56.2 Å². The van der Waals surface area contributed by atoms with Crippen LogP contribution in [0.25, 0.3) is 0 Å². The highest BCUT2D eigenvalue weighted by molar-refractivity contribution is 5.76. The number of hydrogen-bond acceptors (Lipinski definition) is 2. The summed E-state index contributed by atoms with van der Waals surface area (Å²) >= 11 is 0. The van der Waals surface area contributed by atoms with E-state index in [0.717, 1.165) is 0 Å². The topological polar surface area (TPSA) is 20.3 Å². The number of carbonyl (C=O) groups excluding carboxylic acids is 1. The molecule has 0 saturated heterocycles. The van der Waals surface area contributed by atoms with Crippen molar-refractivity contribution in [2.24, 2.45) is 0 Å². The summed E-state index contributed by atoms with van der Waals surface area (Å²) in [5.41, 5.74) is 0. The molecule has 0 heterocycles. The van der Waals surface area contributed by atoms with E-state index in [1.54, 1.807) is 6.92 Å². The van der Waals surface area contributed by atoms with Crippen LogP contribution in [0.2, 0.25) is 0 Å². The van der Waals surface area contributed by atoms with Crippen molar-refractivity contribution in [3.05, 3.63) is 12.3 Å². The number of Topliss-reactive ketones (excluding diaryl/α,β-unsaturated/α-hetero) is 1. The average molecular weight is 127 g/mol. The first-order valence-corrected chi connectivity index (χ1v) is 2.95. The summed E-state index contributed by atoms with van der Waals surface area (Å²) in [6, 6.07) is 0. The maximum Gasteiger partial charge on any atom is 0.133 e. The van der Waals surface area contributed by atoms with Gasteiger partial charge in [0, 0.05) is 20.5 Å². The molecule has 0 atom stereocenters. The molecule has 0 bridgehead atoms. The van der Waals surface area contributed by atoms with Crippen LogP contribution in [-0.2, 0) is 4.79 Å². The zero-order valence-electron chi connectivity index (χ0n) is 6.22. The summed E-state index contributed by atoms with van der Waals surface area (Å²) in [6.45, 7) is 1.58. The first-order chi connectivity index (χ1) is 4.13. The Morgan fingerprint density at radius 3 is 2.44 bits per heavy atom. The van der Waals surface area contributed by atoms with E-state index in [-0.39, 0.29) is 5.78 Å². The molecule has 9 heavy (non-hydrogen) atoms. The molecule has 0 radical (unpaired) electrons. The molecule has 0 fully saturated rings. The normalized spacial score (nSPS) is 10.1. The van der Waals surface area contributed by atoms with E-state index in [0.29, 0.717) is 6.42 Å². The largest absolute Gasteiger partial charge is 0.384 e. The van der Waals surface area contributed by atoms with Gasteiger partial charge in [-0.05, 0) is 13.1 Å². The Bertz CT molecular complexity index is 116. The van der Waals surface area contributed by atoms with Gasteiger partial charge in [0.15, 0.2) is 0 Å². The lowest BCUT2D eigenvalue weighted by Crippen LogP contribution is -2.00. The molecule has 0 N–H and O–H groups in total. The monoisotopic (exact) mass is 127 g/mol. The smallest absolute Gasteiger partial charge is 0.133 e. The molecule has 0 aromatic heterocycles. The molecule has 2 heteroatoms. The van der Waals surface area contributed by atoms with Crippen molar-refractivity contribution >= 4 is 5.78 Å². The second kappa shape index (κ2) is 4.13.